The van der Waals surface area contributed by atoms with Crippen molar-refractivity contribution in [2.75, 3.05) is 51.0 Å². The van der Waals surface area contributed by atoms with Gasteiger partial charge >= 0.3 is 0 Å². The molecule has 0 saturated carbocycles. The maximum absolute atomic E-state index is 12.8. The third-order valence-corrected chi connectivity index (χ3v) is 6.82. The number of hydrogen-bond acceptors (Lipinski definition) is 5. The van der Waals surface area contributed by atoms with Crippen molar-refractivity contribution in [1.82, 2.24) is 15.1 Å². The topological polar surface area (TPSA) is 81.8 Å². The molecule has 30 heavy (non-hydrogen) atoms. The fourth-order valence-electron chi connectivity index (χ4n) is 3.43. The summed E-state index contributed by atoms with van der Waals surface area (Å²) >= 11 is 0. The van der Waals surface area contributed by atoms with E-state index in [0.29, 0.717) is 23.4 Å². The molecule has 8 heteroatoms. The minimum absolute atomic E-state index is 0.108. The number of likely N-dealkylation sites (N-methyl/N-ethyl adjacent to an activating group) is 1. The minimum Gasteiger partial charge on any atom is -0.352 e. The molecule has 162 valence electrons. The zero-order valence-corrected chi connectivity index (χ0v) is 18.4. The number of benzene rings is 2. The molecule has 7 nitrogen and oxygen atoms in total. The molecule has 0 unspecified atom stereocenters. The third kappa shape index (κ3) is 6.04. The van der Waals surface area contributed by atoms with Crippen LogP contribution in [-0.2, 0) is 10.0 Å². The molecule has 1 fully saturated rings. The van der Waals surface area contributed by atoms with Gasteiger partial charge in [0.05, 0.1) is 4.90 Å². The number of piperazine rings is 1. The quantitative estimate of drug-likeness (QED) is 0.628. The maximum Gasteiger partial charge on any atom is 0.262 e. The van der Waals surface area contributed by atoms with E-state index in [-0.39, 0.29) is 10.8 Å². The van der Waals surface area contributed by atoms with Gasteiger partial charge in [-0.2, -0.15) is 0 Å². The summed E-state index contributed by atoms with van der Waals surface area (Å²) in [4.78, 5) is 17.4. The molecule has 0 aromatic heterocycles. The zero-order chi connectivity index (χ0) is 21.6. The Labute approximate surface area is 179 Å². The van der Waals surface area contributed by atoms with Gasteiger partial charge in [-0.05, 0) is 56.8 Å². The first-order chi connectivity index (χ1) is 14.3. The molecule has 1 aliphatic heterocycles. The highest BCUT2D eigenvalue weighted by atomic mass is 32.2. The summed E-state index contributed by atoms with van der Waals surface area (Å²) in [6.07, 6.45) is 0.863. The fourth-order valence-corrected chi connectivity index (χ4v) is 4.76. The Morgan fingerprint density at radius 1 is 1.03 bits per heavy atom. The van der Waals surface area contributed by atoms with Crippen LogP contribution in [0.2, 0.25) is 0 Å². The van der Waals surface area contributed by atoms with Gasteiger partial charge in [0.25, 0.3) is 15.9 Å². The van der Waals surface area contributed by atoms with E-state index in [9.17, 15) is 13.2 Å². The van der Waals surface area contributed by atoms with E-state index in [1.165, 1.54) is 6.07 Å². The average Bonchev–Trinajstić information content (AvgIpc) is 2.73. The van der Waals surface area contributed by atoms with Crippen LogP contribution in [0.25, 0.3) is 0 Å². The molecule has 0 bridgehead atoms. The van der Waals surface area contributed by atoms with Crippen LogP contribution in [0.15, 0.2) is 53.4 Å². The molecule has 0 radical (unpaired) electrons. The van der Waals surface area contributed by atoms with E-state index < -0.39 is 10.0 Å². The van der Waals surface area contributed by atoms with Gasteiger partial charge in [0.1, 0.15) is 0 Å². The van der Waals surface area contributed by atoms with Crippen molar-refractivity contribution < 1.29 is 13.2 Å². The van der Waals surface area contributed by atoms with Crippen LogP contribution in [0.4, 0.5) is 5.69 Å². The summed E-state index contributed by atoms with van der Waals surface area (Å²) in [5, 5.41) is 2.90. The molecule has 1 heterocycles. The van der Waals surface area contributed by atoms with Crippen molar-refractivity contribution >= 4 is 21.6 Å². The van der Waals surface area contributed by atoms with Gasteiger partial charge in [-0.3, -0.25) is 9.52 Å². The largest absolute Gasteiger partial charge is 0.352 e. The highest BCUT2D eigenvalue weighted by Crippen LogP contribution is 2.20. The first kappa shape index (κ1) is 22.3. The summed E-state index contributed by atoms with van der Waals surface area (Å²) in [6, 6.07) is 13.5. The molecular formula is C22H30N4O3S. The second-order valence-corrected chi connectivity index (χ2v) is 9.36. The number of para-hydroxylation sites is 1. The van der Waals surface area contributed by atoms with Gasteiger partial charge in [0.2, 0.25) is 0 Å². The Hall–Kier alpha value is -2.42. The molecule has 2 aromatic rings. The van der Waals surface area contributed by atoms with Gasteiger partial charge in [-0.25, -0.2) is 8.42 Å². The normalized spacial score (nSPS) is 15.7. The molecule has 0 spiro atoms. The van der Waals surface area contributed by atoms with E-state index in [0.717, 1.165) is 39.1 Å². The van der Waals surface area contributed by atoms with Gasteiger partial charge in [0, 0.05) is 44.0 Å². The van der Waals surface area contributed by atoms with E-state index in [4.69, 9.17) is 0 Å². The number of nitrogens with zero attached hydrogens (tertiary/aromatic N) is 2. The number of aryl methyl sites for hydroxylation is 1. The molecule has 0 atom stereocenters. The number of amides is 1. The number of anilines is 1. The molecule has 2 N–H and O–H groups in total. The van der Waals surface area contributed by atoms with Crippen molar-refractivity contribution in [3.63, 3.8) is 0 Å². The molecule has 2 aromatic carbocycles. The second-order valence-electron chi connectivity index (χ2n) is 7.71. The van der Waals surface area contributed by atoms with Crippen LogP contribution in [0.3, 0.4) is 0 Å². The predicted octanol–water partition coefficient (Wildman–Crippen LogP) is 2.16. The number of rotatable bonds is 8. The van der Waals surface area contributed by atoms with E-state index in [1.54, 1.807) is 43.3 Å². The molecular weight excluding hydrogens is 400 g/mol. The van der Waals surface area contributed by atoms with Crippen LogP contribution < -0.4 is 10.0 Å². The first-order valence-electron chi connectivity index (χ1n) is 10.2. The predicted molar refractivity (Wildman–Crippen MR) is 119 cm³/mol. The van der Waals surface area contributed by atoms with Crippen molar-refractivity contribution in [1.29, 1.82) is 0 Å². The summed E-state index contributed by atoms with van der Waals surface area (Å²) in [7, 11) is -1.66. The molecule has 1 amide bonds. The van der Waals surface area contributed by atoms with Crippen LogP contribution in [0.1, 0.15) is 22.3 Å². The standard InChI is InChI=1S/C22H30N4O3S/c1-18-9-10-19(17-21(18)30(28,29)24-20-7-4-3-5-8-20)22(27)23-11-6-12-26-15-13-25(2)14-16-26/h3-5,7-10,17,24H,6,11-16H2,1-2H3,(H,23,27). The number of hydrogen-bond donors (Lipinski definition) is 2. The summed E-state index contributed by atoms with van der Waals surface area (Å²) < 4.78 is 28.2. The first-order valence-corrected chi connectivity index (χ1v) is 11.7. The van der Waals surface area contributed by atoms with Gasteiger partial charge in [-0.15, -0.1) is 0 Å². The Kier molecular flexibility index (Phi) is 7.47. The van der Waals surface area contributed by atoms with Crippen molar-refractivity contribution in [2.24, 2.45) is 0 Å². The minimum atomic E-state index is -3.78. The number of nitrogens with one attached hydrogen (secondary N) is 2. The number of carbonyl (C=O) groups excluding carboxylic acids is 1. The number of sulfonamides is 1. The Balaban J connectivity index is 1.58. The fraction of sp³-hybridized carbons (Fsp3) is 0.409. The van der Waals surface area contributed by atoms with Crippen LogP contribution in [0, 0.1) is 6.92 Å². The SMILES string of the molecule is Cc1ccc(C(=O)NCCCN2CCN(C)CC2)cc1S(=O)(=O)Nc1ccccc1. The lowest BCUT2D eigenvalue weighted by Gasteiger charge is -2.32. The van der Waals surface area contributed by atoms with Crippen LogP contribution in [-0.4, -0.2) is 70.4 Å². The van der Waals surface area contributed by atoms with E-state index in [1.807, 2.05) is 6.07 Å². The van der Waals surface area contributed by atoms with Crippen LogP contribution in [0.5, 0.6) is 0 Å². The van der Waals surface area contributed by atoms with Gasteiger partial charge in [0.15, 0.2) is 0 Å². The Morgan fingerprint density at radius 3 is 2.43 bits per heavy atom. The Bertz CT molecular complexity index is 956. The molecule has 3 rings (SSSR count). The molecule has 0 aliphatic carbocycles. The van der Waals surface area contributed by atoms with Crippen molar-refractivity contribution in [3.05, 3.63) is 59.7 Å². The van der Waals surface area contributed by atoms with Gasteiger partial charge < -0.3 is 15.1 Å². The average molecular weight is 431 g/mol. The lowest BCUT2D eigenvalue weighted by atomic mass is 10.1. The smallest absolute Gasteiger partial charge is 0.262 e. The second kappa shape index (κ2) is 10.1. The summed E-state index contributed by atoms with van der Waals surface area (Å²) in [6.45, 7) is 7.48. The highest BCUT2D eigenvalue weighted by Gasteiger charge is 2.19. The van der Waals surface area contributed by atoms with Crippen LogP contribution >= 0.6 is 0 Å². The number of carbonyl (C=O) groups is 1. The zero-order valence-electron chi connectivity index (χ0n) is 17.6. The lowest BCUT2D eigenvalue weighted by molar-refractivity contribution is 0.0949. The van der Waals surface area contributed by atoms with Crippen molar-refractivity contribution in [2.45, 2.75) is 18.2 Å². The summed E-state index contributed by atoms with van der Waals surface area (Å²) in [5.41, 5.74) is 1.41. The van der Waals surface area contributed by atoms with E-state index >= 15 is 0 Å². The van der Waals surface area contributed by atoms with Gasteiger partial charge in [-0.1, -0.05) is 24.3 Å². The van der Waals surface area contributed by atoms with Crippen molar-refractivity contribution in [3.8, 4) is 0 Å². The third-order valence-electron chi connectivity index (χ3n) is 5.30. The highest BCUT2D eigenvalue weighted by molar-refractivity contribution is 7.92. The lowest BCUT2D eigenvalue weighted by Crippen LogP contribution is -2.45. The Morgan fingerprint density at radius 2 is 1.73 bits per heavy atom. The summed E-state index contributed by atoms with van der Waals surface area (Å²) in [5.74, 6) is -0.260. The van der Waals surface area contributed by atoms with E-state index in [2.05, 4.69) is 26.9 Å². The maximum atomic E-state index is 12.8. The molecule has 1 aliphatic rings. The monoisotopic (exact) mass is 430 g/mol. The molecule has 1 saturated heterocycles.